The van der Waals surface area contributed by atoms with Gasteiger partial charge in [-0.15, -0.1) is 0 Å². The van der Waals surface area contributed by atoms with Gasteiger partial charge in [-0.3, -0.25) is 0 Å². The highest BCUT2D eigenvalue weighted by atomic mass is 16.2. The normalized spacial score (nSPS) is 25.6. The topological polar surface area (TPSA) is 67.2 Å². The molecule has 2 atom stereocenters. The molecule has 17 heavy (non-hydrogen) atoms. The van der Waals surface area contributed by atoms with Crippen LogP contribution in [0.1, 0.15) is 46.0 Å². The SMILES string of the molecule is CC(C)C1CCCC(NCCNC(N)=O)CC1. The quantitative estimate of drug-likeness (QED) is 0.508. The molecule has 1 rings (SSSR count). The molecule has 0 radical (unpaired) electrons. The number of urea groups is 1. The summed E-state index contributed by atoms with van der Waals surface area (Å²) in [4.78, 5) is 10.5. The predicted molar refractivity (Wildman–Crippen MR) is 70.8 cm³/mol. The molecule has 4 N–H and O–H groups in total. The standard InChI is InChI=1S/C13H27N3O/c1-10(2)11-4-3-5-12(7-6-11)15-8-9-16-13(14)17/h10-12,15H,3-9H2,1-2H3,(H3,14,16,17). The molecule has 0 heterocycles. The van der Waals surface area contributed by atoms with E-state index in [2.05, 4.69) is 24.5 Å². The van der Waals surface area contributed by atoms with Crippen LogP contribution >= 0.6 is 0 Å². The maximum absolute atomic E-state index is 10.5. The van der Waals surface area contributed by atoms with Crippen LogP contribution in [-0.2, 0) is 0 Å². The summed E-state index contributed by atoms with van der Waals surface area (Å²) in [6.45, 7) is 6.10. The van der Waals surface area contributed by atoms with Crippen molar-refractivity contribution in [3.63, 3.8) is 0 Å². The van der Waals surface area contributed by atoms with E-state index in [-0.39, 0.29) is 0 Å². The van der Waals surface area contributed by atoms with E-state index in [4.69, 9.17) is 5.73 Å². The fourth-order valence-corrected chi connectivity index (χ4v) is 2.66. The third kappa shape index (κ3) is 5.91. The summed E-state index contributed by atoms with van der Waals surface area (Å²) >= 11 is 0. The van der Waals surface area contributed by atoms with Crippen molar-refractivity contribution in [1.82, 2.24) is 10.6 Å². The van der Waals surface area contributed by atoms with Crippen molar-refractivity contribution in [2.45, 2.75) is 52.0 Å². The van der Waals surface area contributed by atoms with Gasteiger partial charge in [0.15, 0.2) is 0 Å². The Hall–Kier alpha value is -0.770. The van der Waals surface area contributed by atoms with E-state index in [0.717, 1.165) is 18.4 Å². The molecule has 0 aromatic carbocycles. The maximum atomic E-state index is 10.5. The molecule has 0 aromatic rings. The van der Waals surface area contributed by atoms with Crippen LogP contribution in [0.15, 0.2) is 0 Å². The van der Waals surface area contributed by atoms with E-state index in [9.17, 15) is 4.79 Å². The minimum atomic E-state index is -0.437. The minimum absolute atomic E-state index is 0.437. The smallest absolute Gasteiger partial charge is 0.312 e. The van der Waals surface area contributed by atoms with Gasteiger partial charge in [0, 0.05) is 19.1 Å². The second kappa shape index (κ2) is 7.54. The summed E-state index contributed by atoms with van der Waals surface area (Å²) in [6, 6.07) is 0.181. The van der Waals surface area contributed by atoms with Crippen LogP contribution in [-0.4, -0.2) is 25.2 Å². The third-order valence-corrected chi connectivity index (χ3v) is 3.81. The van der Waals surface area contributed by atoms with Crippen LogP contribution in [0.5, 0.6) is 0 Å². The molecular weight excluding hydrogens is 214 g/mol. The molecule has 1 aliphatic rings. The van der Waals surface area contributed by atoms with Crippen molar-refractivity contribution >= 4 is 6.03 Å². The van der Waals surface area contributed by atoms with Gasteiger partial charge < -0.3 is 16.4 Å². The largest absolute Gasteiger partial charge is 0.352 e. The van der Waals surface area contributed by atoms with Crippen molar-refractivity contribution in [2.24, 2.45) is 17.6 Å². The summed E-state index contributed by atoms with van der Waals surface area (Å²) < 4.78 is 0. The van der Waals surface area contributed by atoms with Gasteiger partial charge in [0.05, 0.1) is 0 Å². The average Bonchev–Trinajstić information content (AvgIpc) is 2.49. The first kappa shape index (κ1) is 14.3. The molecule has 2 unspecified atom stereocenters. The van der Waals surface area contributed by atoms with Gasteiger partial charge in [-0.05, 0) is 31.1 Å². The number of primary amides is 1. The molecule has 1 aliphatic carbocycles. The van der Waals surface area contributed by atoms with E-state index in [1.807, 2.05) is 0 Å². The molecule has 2 amide bonds. The Kier molecular flexibility index (Phi) is 6.34. The van der Waals surface area contributed by atoms with Crippen LogP contribution in [0.3, 0.4) is 0 Å². The van der Waals surface area contributed by atoms with E-state index < -0.39 is 6.03 Å². The van der Waals surface area contributed by atoms with Crippen molar-refractivity contribution in [1.29, 1.82) is 0 Å². The number of hydrogen-bond donors (Lipinski definition) is 3. The highest BCUT2D eigenvalue weighted by Gasteiger charge is 2.20. The Morgan fingerprint density at radius 3 is 2.65 bits per heavy atom. The van der Waals surface area contributed by atoms with Gasteiger partial charge in [-0.1, -0.05) is 26.7 Å². The maximum Gasteiger partial charge on any atom is 0.312 e. The number of hydrogen-bond acceptors (Lipinski definition) is 2. The van der Waals surface area contributed by atoms with Crippen LogP contribution < -0.4 is 16.4 Å². The highest BCUT2D eigenvalue weighted by Crippen LogP contribution is 2.28. The Morgan fingerprint density at radius 1 is 1.24 bits per heavy atom. The summed E-state index contributed by atoms with van der Waals surface area (Å²) in [5.41, 5.74) is 5.01. The lowest BCUT2D eigenvalue weighted by Gasteiger charge is -2.19. The Labute approximate surface area is 105 Å². The van der Waals surface area contributed by atoms with Crippen molar-refractivity contribution in [2.75, 3.05) is 13.1 Å². The molecule has 0 aromatic heterocycles. The Bertz CT molecular complexity index is 231. The first-order valence-electron chi connectivity index (χ1n) is 6.86. The first-order chi connectivity index (χ1) is 8.09. The molecule has 1 saturated carbocycles. The van der Waals surface area contributed by atoms with Crippen molar-refractivity contribution in [3.05, 3.63) is 0 Å². The molecule has 1 fully saturated rings. The Balaban J connectivity index is 2.16. The van der Waals surface area contributed by atoms with Gasteiger partial charge in [0.2, 0.25) is 0 Å². The van der Waals surface area contributed by atoms with Crippen LogP contribution in [0, 0.1) is 11.8 Å². The number of amides is 2. The summed E-state index contributed by atoms with van der Waals surface area (Å²) in [7, 11) is 0. The zero-order valence-corrected chi connectivity index (χ0v) is 11.2. The summed E-state index contributed by atoms with van der Waals surface area (Å²) in [6.07, 6.45) is 6.55. The monoisotopic (exact) mass is 241 g/mol. The fraction of sp³-hybridized carbons (Fsp3) is 0.923. The van der Waals surface area contributed by atoms with Crippen molar-refractivity contribution in [3.8, 4) is 0 Å². The van der Waals surface area contributed by atoms with Gasteiger partial charge in [-0.25, -0.2) is 4.79 Å². The zero-order valence-electron chi connectivity index (χ0n) is 11.2. The second-order valence-electron chi connectivity index (χ2n) is 5.45. The van der Waals surface area contributed by atoms with Gasteiger partial charge in [-0.2, -0.15) is 0 Å². The third-order valence-electron chi connectivity index (χ3n) is 3.81. The lowest BCUT2D eigenvalue weighted by atomic mass is 9.89. The second-order valence-corrected chi connectivity index (χ2v) is 5.45. The molecular formula is C13H27N3O. The number of rotatable bonds is 5. The van der Waals surface area contributed by atoms with E-state index >= 15 is 0 Å². The van der Waals surface area contributed by atoms with E-state index in [0.29, 0.717) is 12.6 Å². The molecule has 0 aliphatic heterocycles. The molecule has 0 spiro atoms. The minimum Gasteiger partial charge on any atom is -0.352 e. The molecule has 4 heteroatoms. The number of nitrogens with one attached hydrogen (secondary N) is 2. The van der Waals surface area contributed by atoms with E-state index in [1.54, 1.807) is 0 Å². The van der Waals surface area contributed by atoms with Crippen LogP contribution in [0.4, 0.5) is 4.79 Å². The predicted octanol–water partition coefficient (Wildman–Crippen LogP) is 1.85. The Morgan fingerprint density at radius 2 is 2.00 bits per heavy atom. The van der Waals surface area contributed by atoms with Crippen LogP contribution in [0.25, 0.3) is 0 Å². The molecule has 100 valence electrons. The number of carbonyl (C=O) groups is 1. The number of nitrogens with two attached hydrogens (primary N) is 1. The lowest BCUT2D eigenvalue weighted by Crippen LogP contribution is -2.38. The summed E-state index contributed by atoms with van der Waals surface area (Å²) in [5, 5.41) is 6.11. The molecule has 4 nitrogen and oxygen atoms in total. The molecule has 0 saturated heterocycles. The zero-order chi connectivity index (χ0) is 12.7. The lowest BCUT2D eigenvalue weighted by molar-refractivity contribution is 0.248. The average molecular weight is 241 g/mol. The van der Waals surface area contributed by atoms with Crippen molar-refractivity contribution < 1.29 is 4.79 Å². The first-order valence-corrected chi connectivity index (χ1v) is 6.86. The van der Waals surface area contributed by atoms with Gasteiger partial charge in [0.1, 0.15) is 0 Å². The van der Waals surface area contributed by atoms with Gasteiger partial charge in [0.25, 0.3) is 0 Å². The molecule has 0 bridgehead atoms. The fourth-order valence-electron chi connectivity index (χ4n) is 2.66. The van der Waals surface area contributed by atoms with Crippen LogP contribution in [0.2, 0.25) is 0 Å². The summed E-state index contributed by atoms with van der Waals surface area (Å²) in [5.74, 6) is 1.70. The van der Waals surface area contributed by atoms with Gasteiger partial charge >= 0.3 is 6.03 Å². The van der Waals surface area contributed by atoms with E-state index in [1.165, 1.54) is 32.1 Å². The number of carbonyl (C=O) groups excluding carboxylic acids is 1. The highest BCUT2D eigenvalue weighted by molar-refractivity contribution is 5.71.